The molecule has 176 valence electrons. The van der Waals surface area contributed by atoms with Crippen LogP contribution in [0.15, 0.2) is 36.4 Å². The highest BCUT2D eigenvalue weighted by Crippen LogP contribution is 2.24. The summed E-state index contributed by atoms with van der Waals surface area (Å²) in [6.07, 6.45) is 14.6. The summed E-state index contributed by atoms with van der Waals surface area (Å²) in [7, 11) is 0. The van der Waals surface area contributed by atoms with Crippen molar-refractivity contribution >= 4 is 0 Å². The number of hydrogen-bond donors (Lipinski definition) is 0. The lowest BCUT2D eigenvalue weighted by molar-refractivity contribution is 0.238. The van der Waals surface area contributed by atoms with E-state index in [-0.39, 0.29) is 0 Å². The second-order valence-corrected chi connectivity index (χ2v) is 10.5. The highest BCUT2D eigenvalue weighted by atomic mass is 15.1. The van der Waals surface area contributed by atoms with Crippen molar-refractivity contribution < 1.29 is 0 Å². The van der Waals surface area contributed by atoms with Gasteiger partial charge in [0.05, 0.1) is 17.1 Å². The van der Waals surface area contributed by atoms with Crippen LogP contribution in [-0.2, 0) is 58.2 Å². The Bertz CT molecular complexity index is 1020. The smallest absolute Gasteiger partial charge is 0.0547 e. The first kappa shape index (κ1) is 21.9. The van der Waals surface area contributed by atoms with E-state index in [9.17, 15) is 0 Å². The molecule has 0 radical (unpaired) electrons. The van der Waals surface area contributed by atoms with Gasteiger partial charge in [-0.2, -0.15) is 0 Å². The average molecular weight is 453 g/mol. The first-order chi connectivity index (χ1) is 16.8. The van der Waals surface area contributed by atoms with Gasteiger partial charge in [0, 0.05) is 36.7 Å². The van der Waals surface area contributed by atoms with Gasteiger partial charge in [-0.3, -0.25) is 19.9 Å². The highest BCUT2D eigenvalue weighted by Gasteiger charge is 2.18. The maximum absolute atomic E-state index is 5.09. The van der Waals surface area contributed by atoms with Gasteiger partial charge in [0.1, 0.15) is 0 Å². The molecular weight excluding hydrogens is 416 g/mol. The maximum atomic E-state index is 5.09. The molecule has 0 saturated carbocycles. The number of aromatic nitrogens is 3. The molecule has 3 heterocycles. The molecule has 0 aliphatic heterocycles. The summed E-state index contributed by atoms with van der Waals surface area (Å²) in [5.41, 5.74) is 11.9. The summed E-state index contributed by atoms with van der Waals surface area (Å²) in [4.78, 5) is 17.8. The van der Waals surface area contributed by atoms with Crippen LogP contribution < -0.4 is 0 Å². The van der Waals surface area contributed by atoms with Crippen molar-refractivity contribution in [1.82, 2.24) is 19.9 Å². The zero-order chi connectivity index (χ0) is 22.7. The van der Waals surface area contributed by atoms with Gasteiger partial charge in [0.25, 0.3) is 0 Å². The van der Waals surface area contributed by atoms with Gasteiger partial charge in [-0.1, -0.05) is 18.2 Å². The van der Waals surface area contributed by atoms with Crippen molar-refractivity contribution in [3.8, 4) is 0 Å². The van der Waals surface area contributed by atoms with Crippen molar-refractivity contribution in [2.24, 2.45) is 0 Å². The lowest BCUT2D eigenvalue weighted by Gasteiger charge is -2.24. The Kier molecular flexibility index (Phi) is 6.41. The third kappa shape index (κ3) is 4.93. The standard InChI is InChI=1S/C30H36N4/c1-4-10-28-22(7-1)13-16-25(31-28)19-34(20-26-17-14-23-8-2-5-11-29(23)32-26)21-27-18-15-24-9-3-6-12-30(24)33-27/h13-18H,1-12,19-21H2. The van der Waals surface area contributed by atoms with Crippen LogP contribution >= 0.6 is 0 Å². The zero-order valence-electron chi connectivity index (χ0n) is 20.4. The Morgan fingerprint density at radius 2 is 0.765 bits per heavy atom. The summed E-state index contributed by atoms with van der Waals surface area (Å²) in [5.74, 6) is 0. The molecule has 4 nitrogen and oxygen atoms in total. The minimum atomic E-state index is 0.838. The van der Waals surface area contributed by atoms with Crippen LogP contribution in [-0.4, -0.2) is 19.9 Å². The predicted octanol–water partition coefficient (Wildman–Crippen LogP) is 5.71. The van der Waals surface area contributed by atoms with Gasteiger partial charge in [-0.15, -0.1) is 0 Å². The van der Waals surface area contributed by atoms with Crippen LogP contribution in [0.1, 0.15) is 89.4 Å². The molecule has 6 rings (SSSR count). The van der Waals surface area contributed by atoms with Crippen LogP contribution in [0.5, 0.6) is 0 Å². The second kappa shape index (κ2) is 9.95. The number of fused-ring (bicyclic) bond motifs is 3. The fourth-order valence-corrected chi connectivity index (χ4v) is 6.00. The SMILES string of the molecule is c1cc2c(nc1CN(Cc1ccc3c(n1)CCCC3)Cc1ccc3c(n1)CCCC3)CCCC2. The molecule has 0 fully saturated rings. The fourth-order valence-electron chi connectivity index (χ4n) is 6.00. The van der Waals surface area contributed by atoms with Crippen LogP contribution in [0.25, 0.3) is 0 Å². The number of rotatable bonds is 6. The molecule has 0 atom stereocenters. The van der Waals surface area contributed by atoms with Crippen LogP contribution in [0.3, 0.4) is 0 Å². The van der Waals surface area contributed by atoms with Gasteiger partial charge >= 0.3 is 0 Å². The van der Waals surface area contributed by atoms with E-state index < -0.39 is 0 Å². The third-order valence-corrected chi connectivity index (χ3v) is 7.86. The average Bonchev–Trinajstić information content (AvgIpc) is 2.88. The molecule has 0 spiro atoms. The van der Waals surface area contributed by atoms with E-state index in [4.69, 9.17) is 15.0 Å². The van der Waals surface area contributed by atoms with Crippen LogP contribution in [0, 0.1) is 0 Å². The molecule has 3 aromatic heterocycles. The molecule has 0 aromatic carbocycles. The zero-order valence-corrected chi connectivity index (χ0v) is 20.4. The van der Waals surface area contributed by atoms with Gasteiger partial charge in [-0.25, -0.2) is 0 Å². The molecule has 0 saturated heterocycles. The topological polar surface area (TPSA) is 41.9 Å². The van der Waals surface area contributed by atoms with Crippen molar-refractivity contribution in [2.75, 3.05) is 0 Å². The monoisotopic (exact) mass is 452 g/mol. The molecule has 3 aliphatic carbocycles. The second-order valence-electron chi connectivity index (χ2n) is 10.5. The highest BCUT2D eigenvalue weighted by molar-refractivity contribution is 5.28. The normalized spacial score (nSPS) is 17.2. The van der Waals surface area contributed by atoms with Crippen molar-refractivity contribution in [3.63, 3.8) is 0 Å². The Morgan fingerprint density at radius 3 is 1.12 bits per heavy atom. The summed E-state index contributed by atoms with van der Waals surface area (Å²) >= 11 is 0. The molecule has 4 heteroatoms. The van der Waals surface area contributed by atoms with Crippen molar-refractivity contribution in [1.29, 1.82) is 0 Å². The van der Waals surface area contributed by atoms with E-state index >= 15 is 0 Å². The molecule has 3 aliphatic rings. The van der Waals surface area contributed by atoms with Crippen molar-refractivity contribution in [3.05, 3.63) is 87.3 Å². The van der Waals surface area contributed by atoms with Crippen molar-refractivity contribution in [2.45, 2.75) is 96.7 Å². The van der Waals surface area contributed by atoms with Gasteiger partial charge < -0.3 is 0 Å². The number of aryl methyl sites for hydroxylation is 6. The Balaban J connectivity index is 1.26. The van der Waals surface area contributed by atoms with Crippen LogP contribution in [0.4, 0.5) is 0 Å². The Labute approximate surface area is 203 Å². The number of hydrogen-bond acceptors (Lipinski definition) is 4. The lowest BCUT2D eigenvalue weighted by Crippen LogP contribution is -2.25. The van der Waals surface area contributed by atoms with Crippen LogP contribution in [0.2, 0.25) is 0 Å². The maximum Gasteiger partial charge on any atom is 0.0547 e. The molecular formula is C30H36N4. The molecule has 0 N–H and O–H groups in total. The largest absolute Gasteiger partial charge is 0.286 e. The quantitative estimate of drug-likeness (QED) is 0.480. The summed E-state index contributed by atoms with van der Waals surface area (Å²) in [6, 6.07) is 13.7. The summed E-state index contributed by atoms with van der Waals surface area (Å²) in [6.45, 7) is 2.51. The Hall–Kier alpha value is -2.59. The first-order valence-electron chi connectivity index (χ1n) is 13.5. The van der Waals surface area contributed by atoms with E-state index in [1.54, 1.807) is 0 Å². The minimum absolute atomic E-state index is 0.838. The van der Waals surface area contributed by atoms with Gasteiger partial charge in [0.15, 0.2) is 0 Å². The van der Waals surface area contributed by atoms with Gasteiger partial charge in [-0.05, 0) is 112 Å². The van der Waals surface area contributed by atoms with E-state index in [1.807, 2.05) is 0 Å². The first-order valence-corrected chi connectivity index (χ1v) is 13.5. The predicted molar refractivity (Wildman–Crippen MR) is 136 cm³/mol. The minimum Gasteiger partial charge on any atom is -0.286 e. The van der Waals surface area contributed by atoms with E-state index in [2.05, 4.69) is 41.3 Å². The lowest BCUT2D eigenvalue weighted by atomic mass is 9.95. The van der Waals surface area contributed by atoms with E-state index in [0.29, 0.717) is 0 Å². The molecule has 0 amide bonds. The third-order valence-electron chi connectivity index (χ3n) is 7.86. The van der Waals surface area contributed by atoms with E-state index in [1.165, 1.54) is 109 Å². The summed E-state index contributed by atoms with van der Waals surface area (Å²) in [5, 5.41) is 0. The molecule has 34 heavy (non-hydrogen) atoms. The van der Waals surface area contributed by atoms with E-state index in [0.717, 1.165) is 38.9 Å². The van der Waals surface area contributed by atoms with Gasteiger partial charge in [0.2, 0.25) is 0 Å². The fraction of sp³-hybridized carbons (Fsp3) is 0.500. The Morgan fingerprint density at radius 1 is 0.441 bits per heavy atom. The number of nitrogens with zero attached hydrogens (tertiary/aromatic N) is 4. The molecule has 0 unspecified atom stereocenters. The molecule has 3 aromatic rings. The summed E-state index contributed by atoms with van der Waals surface area (Å²) < 4.78 is 0. The number of pyridine rings is 3. The molecule has 0 bridgehead atoms.